The van der Waals surface area contributed by atoms with Crippen LogP contribution in [-0.4, -0.2) is 19.0 Å². The highest BCUT2D eigenvalue weighted by atomic mass is 16.5. The topological polar surface area (TPSA) is 35.5 Å². The van der Waals surface area contributed by atoms with Gasteiger partial charge in [0.2, 0.25) is 0 Å². The molecule has 3 nitrogen and oxygen atoms in total. The SMILES string of the molecule is CCCCCCOc1ccc2c(c1)C(=O)c1cc(OCCCCCC)ccc1-2. The third-order valence-electron chi connectivity index (χ3n) is 5.29. The van der Waals surface area contributed by atoms with E-state index in [0.717, 1.165) is 46.6 Å². The molecule has 28 heavy (non-hydrogen) atoms. The van der Waals surface area contributed by atoms with Gasteiger partial charge in [0.05, 0.1) is 13.2 Å². The Morgan fingerprint density at radius 1 is 0.607 bits per heavy atom. The molecule has 1 aliphatic carbocycles. The lowest BCUT2D eigenvalue weighted by molar-refractivity contribution is 0.104. The quantitative estimate of drug-likeness (QED) is 0.324. The predicted molar refractivity (Wildman–Crippen MR) is 115 cm³/mol. The van der Waals surface area contributed by atoms with Crippen LogP contribution in [0.15, 0.2) is 36.4 Å². The fourth-order valence-electron chi connectivity index (χ4n) is 3.65. The first-order chi connectivity index (χ1) is 13.7. The summed E-state index contributed by atoms with van der Waals surface area (Å²) >= 11 is 0. The minimum absolute atomic E-state index is 0.0675. The van der Waals surface area contributed by atoms with Crippen LogP contribution in [0, 0.1) is 0 Å². The minimum Gasteiger partial charge on any atom is -0.494 e. The summed E-state index contributed by atoms with van der Waals surface area (Å²) in [5.74, 6) is 1.63. The molecule has 2 aromatic rings. The van der Waals surface area contributed by atoms with E-state index in [2.05, 4.69) is 13.8 Å². The molecular weight excluding hydrogens is 348 g/mol. The summed E-state index contributed by atoms with van der Waals surface area (Å²) in [4.78, 5) is 12.9. The van der Waals surface area contributed by atoms with E-state index in [1.807, 2.05) is 36.4 Å². The molecule has 0 aliphatic heterocycles. The van der Waals surface area contributed by atoms with E-state index < -0.39 is 0 Å². The van der Waals surface area contributed by atoms with Gasteiger partial charge in [0, 0.05) is 11.1 Å². The van der Waals surface area contributed by atoms with Crippen molar-refractivity contribution in [2.24, 2.45) is 0 Å². The molecule has 0 fully saturated rings. The van der Waals surface area contributed by atoms with Crippen LogP contribution >= 0.6 is 0 Å². The molecule has 0 N–H and O–H groups in total. The van der Waals surface area contributed by atoms with Gasteiger partial charge in [-0.1, -0.05) is 52.4 Å². The zero-order valence-electron chi connectivity index (χ0n) is 17.3. The number of hydrogen-bond donors (Lipinski definition) is 0. The lowest BCUT2D eigenvalue weighted by atomic mass is 10.1. The fraction of sp³-hybridized carbons (Fsp3) is 0.480. The van der Waals surface area contributed by atoms with Gasteiger partial charge in [-0.2, -0.15) is 0 Å². The van der Waals surface area contributed by atoms with Gasteiger partial charge in [-0.3, -0.25) is 4.79 Å². The average molecular weight is 381 g/mol. The van der Waals surface area contributed by atoms with Crippen LogP contribution in [0.3, 0.4) is 0 Å². The summed E-state index contributed by atoms with van der Waals surface area (Å²) < 4.78 is 11.7. The molecule has 0 saturated carbocycles. The van der Waals surface area contributed by atoms with Crippen LogP contribution in [0.25, 0.3) is 11.1 Å². The molecular formula is C25H32O3. The maximum Gasteiger partial charge on any atom is 0.194 e. The predicted octanol–water partition coefficient (Wildman–Crippen LogP) is 6.82. The first kappa shape index (κ1) is 20.4. The lowest BCUT2D eigenvalue weighted by Crippen LogP contribution is -2.00. The zero-order valence-corrected chi connectivity index (χ0v) is 17.3. The Morgan fingerprint density at radius 2 is 1.07 bits per heavy atom. The Labute approximate surface area is 169 Å². The molecule has 0 amide bonds. The standard InChI is InChI=1S/C25H32O3/c1-3-5-7-9-15-27-19-11-13-21-22-14-12-20(28-16-10-8-6-4-2)18-24(22)25(26)23(21)17-19/h11-14,17-18H,3-10,15-16H2,1-2H3. The highest BCUT2D eigenvalue weighted by Crippen LogP contribution is 2.39. The maximum absolute atomic E-state index is 12.9. The summed E-state index contributed by atoms with van der Waals surface area (Å²) in [7, 11) is 0. The van der Waals surface area contributed by atoms with E-state index in [-0.39, 0.29) is 5.78 Å². The third kappa shape index (κ3) is 4.95. The number of ketones is 1. The van der Waals surface area contributed by atoms with Gasteiger partial charge < -0.3 is 9.47 Å². The summed E-state index contributed by atoms with van der Waals surface area (Å²) in [5, 5.41) is 0. The molecule has 3 heteroatoms. The van der Waals surface area contributed by atoms with Gasteiger partial charge >= 0.3 is 0 Å². The number of rotatable bonds is 12. The van der Waals surface area contributed by atoms with Crippen molar-refractivity contribution in [2.45, 2.75) is 65.2 Å². The largest absolute Gasteiger partial charge is 0.494 e. The summed E-state index contributed by atoms with van der Waals surface area (Å²) in [6.07, 6.45) is 9.40. The average Bonchev–Trinajstić information content (AvgIpc) is 2.99. The number of fused-ring (bicyclic) bond motifs is 3. The molecule has 2 aromatic carbocycles. The summed E-state index contributed by atoms with van der Waals surface area (Å²) in [6.45, 7) is 5.81. The van der Waals surface area contributed by atoms with Gasteiger partial charge in [0.1, 0.15) is 11.5 Å². The fourth-order valence-corrected chi connectivity index (χ4v) is 3.65. The molecule has 0 saturated heterocycles. The molecule has 0 bridgehead atoms. The normalized spacial score (nSPS) is 12.0. The second kappa shape index (κ2) is 10.3. The first-order valence-corrected chi connectivity index (χ1v) is 10.8. The van der Waals surface area contributed by atoms with E-state index in [1.165, 1.54) is 38.5 Å². The van der Waals surface area contributed by atoms with Crippen LogP contribution in [0.2, 0.25) is 0 Å². The van der Waals surface area contributed by atoms with Gasteiger partial charge in [-0.15, -0.1) is 0 Å². The van der Waals surface area contributed by atoms with Crippen molar-refractivity contribution in [3.63, 3.8) is 0 Å². The molecule has 0 heterocycles. The molecule has 0 radical (unpaired) electrons. The van der Waals surface area contributed by atoms with Crippen LogP contribution in [0.5, 0.6) is 11.5 Å². The molecule has 150 valence electrons. The molecule has 0 unspecified atom stereocenters. The van der Waals surface area contributed by atoms with Crippen molar-refractivity contribution in [1.82, 2.24) is 0 Å². The Balaban J connectivity index is 1.62. The van der Waals surface area contributed by atoms with Gasteiger partial charge in [-0.25, -0.2) is 0 Å². The monoisotopic (exact) mass is 380 g/mol. The smallest absolute Gasteiger partial charge is 0.194 e. The number of carbonyl (C=O) groups is 1. The number of unbranched alkanes of at least 4 members (excludes halogenated alkanes) is 6. The van der Waals surface area contributed by atoms with Crippen molar-refractivity contribution in [3.8, 4) is 22.6 Å². The number of ether oxygens (including phenoxy) is 2. The van der Waals surface area contributed by atoms with Gasteiger partial charge in [-0.05, 0) is 60.4 Å². The minimum atomic E-state index is 0.0675. The van der Waals surface area contributed by atoms with Gasteiger partial charge in [0.15, 0.2) is 5.78 Å². The Kier molecular flexibility index (Phi) is 7.53. The highest BCUT2D eigenvalue weighted by molar-refractivity contribution is 6.22. The van der Waals surface area contributed by atoms with Crippen LogP contribution < -0.4 is 9.47 Å². The first-order valence-electron chi connectivity index (χ1n) is 10.8. The maximum atomic E-state index is 12.9. The second-order valence-corrected chi connectivity index (χ2v) is 7.56. The molecule has 0 spiro atoms. The molecule has 3 rings (SSSR count). The van der Waals surface area contributed by atoms with Crippen LogP contribution in [0.1, 0.15) is 81.1 Å². The summed E-state index contributed by atoms with van der Waals surface area (Å²) in [5.41, 5.74) is 3.46. The van der Waals surface area contributed by atoms with E-state index in [9.17, 15) is 4.79 Å². The third-order valence-corrected chi connectivity index (χ3v) is 5.29. The molecule has 0 atom stereocenters. The summed E-state index contributed by atoms with van der Waals surface area (Å²) in [6, 6.07) is 11.7. The highest BCUT2D eigenvalue weighted by Gasteiger charge is 2.27. The van der Waals surface area contributed by atoms with Crippen LogP contribution in [0.4, 0.5) is 0 Å². The lowest BCUT2D eigenvalue weighted by Gasteiger charge is -2.08. The zero-order chi connectivity index (χ0) is 19.8. The Hall–Kier alpha value is -2.29. The van der Waals surface area contributed by atoms with E-state index in [1.54, 1.807) is 0 Å². The van der Waals surface area contributed by atoms with E-state index in [0.29, 0.717) is 13.2 Å². The van der Waals surface area contributed by atoms with Crippen LogP contribution in [-0.2, 0) is 0 Å². The van der Waals surface area contributed by atoms with Crippen molar-refractivity contribution in [3.05, 3.63) is 47.5 Å². The van der Waals surface area contributed by atoms with Crippen molar-refractivity contribution < 1.29 is 14.3 Å². The van der Waals surface area contributed by atoms with Crippen molar-refractivity contribution in [2.75, 3.05) is 13.2 Å². The van der Waals surface area contributed by atoms with Crippen molar-refractivity contribution in [1.29, 1.82) is 0 Å². The number of carbonyl (C=O) groups excluding carboxylic acids is 1. The van der Waals surface area contributed by atoms with E-state index >= 15 is 0 Å². The van der Waals surface area contributed by atoms with Crippen molar-refractivity contribution >= 4 is 5.78 Å². The van der Waals surface area contributed by atoms with E-state index in [4.69, 9.17) is 9.47 Å². The number of hydrogen-bond acceptors (Lipinski definition) is 3. The second-order valence-electron chi connectivity index (χ2n) is 7.56. The Bertz CT molecular complexity index is 729. The Morgan fingerprint density at radius 3 is 1.50 bits per heavy atom. The molecule has 1 aliphatic rings. The van der Waals surface area contributed by atoms with Gasteiger partial charge in [0.25, 0.3) is 0 Å². The number of benzene rings is 2. The molecule has 0 aromatic heterocycles.